The van der Waals surface area contributed by atoms with E-state index in [-0.39, 0.29) is 23.9 Å². The zero-order valence-corrected chi connectivity index (χ0v) is 9.06. The highest BCUT2D eigenvalue weighted by atomic mass is 35.5. The summed E-state index contributed by atoms with van der Waals surface area (Å²) in [7, 11) is 0. The average molecular weight is 209 g/mol. The van der Waals surface area contributed by atoms with Gasteiger partial charge in [-0.15, -0.1) is 0 Å². The summed E-state index contributed by atoms with van der Waals surface area (Å²) in [5.74, 6) is -0.156. The van der Waals surface area contributed by atoms with Crippen molar-refractivity contribution in [1.29, 1.82) is 0 Å². The van der Waals surface area contributed by atoms with Gasteiger partial charge in [-0.3, -0.25) is 4.79 Å². The van der Waals surface area contributed by atoms with Crippen LogP contribution in [0.15, 0.2) is 5.16 Å². The Balaban J connectivity index is 0. The van der Waals surface area contributed by atoms with E-state index >= 15 is 0 Å². The zero-order valence-electron chi connectivity index (χ0n) is 8.30. The third-order valence-electron chi connectivity index (χ3n) is 1.94. The van der Waals surface area contributed by atoms with Crippen molar-refractivity contribution in [1.82, 2.24) is 0 Å². The third-order valence-corrected chi connectivity index (χ3v) is 1.94. The summed E-state index contributed by atoms with van der Waals surface area (Å²) in [5, 5.41) is 11.5. The molecule has 0 aromatic heterocycles. The van der Waals surface area contributed by atoms with Crippen molar-refractivity contribution < 1.29 is 27.3 Å². The summed E-state index contributed by atoms with van der Waals surface area (Å²) in [4.78, 5) is 12.1. The van der Waals surface area contributed by atoms with Gasteiger partial charge >= 0.3 is 0 Å². The smallest absolute Gasteiger partial charge is 0.183 e. The van der Waals surface area contributed by atoms with Gasteiger partial charge in [0, 0.05) is 6.92 Å². The molecular formula is C8H17ClN2O2. The van der Waals surface area contributed by atoms with E-state index in [9.17, 15) is 4.79 Å². The van der Waals surface area contributed by atoms with Gasteiger partial charge in [0.15, 0.2) is 11.5 Å². The first-order valence-electron chi connectivity index (χ1n) is 4.21. The maximum absolute atomic E-state index is 10.8. The van der Waals surface area contributed by atoms with Crippen molar-refractivity contribution in [2.75, 3.05) is 19.6 Å². The minimum absolute atomic E-state index is 0. The Bertz CT molecular complexity index is 179. The molecule has 0 unspecified atom stereocenters. The number of hydrogen-bond donors (Lipinski definition) is 2. The van der Waals surface area contributed by atoms with Crippen LogP contribution in [-0.4, -0.2) is 36.3 Å². The number of rotatable bonds is 5. The molecule has 0 aromatic carbocycles. The molecule has 0 amide bonds. The lowest BCUT2D eigenvalue weighted by Gasteiger charge is -2.14. The van der Waals surface area contributed by atoms with Gasteiger partial charge in [-0.2, -0.15) is 0 Å². The first-order valence-corrected chi connectivity index (χ1v) is 4.21. The molecule has 0 rings (SSSR count). The van der Waals surface area contributed by atoms with E-state index in [0.717, 1.165) is 13.1 Å². The van der Waals surface area contributed by atoms with E-state index in [1.807, 2.05) is 13.8 Å². The van der Waals surface area contributed by atoms with Crippen molar-refractivity contribution in [3.63, 3.8) is 0 Å². The number of ketones is 1. The first kappa shape index (κ1) is 14.9. The van der Waals surface area contributed by atoms with Crippen LogP contribution < -0.4 is 17.3 Å². The molecule has 0 saturated heterocycles. The predicted octanol–water partition coefficient (Wildman–Crippen LogP) is -3.67. The van der Waals surface area contributed by atoms with Crippen LogP contribution in [-0.2, 0) is 4.79 Å². The third kappa shape index (κ3) is 5.60. The molecule has 4 nitrogen and oxygen atoms in total. The fourth-order valence-corrected chi connectivity index (χ4v) is 0.967. The summed E-state index contributed by atoms with van der Waals surface area (Å²) in [5.41, 5.74) is 0.258. The molecule has 78 valence electrons. The van der Waals surface area contributed by atoms with Crippen LogP contribution in [0.2, 0.25) is 0 Å². The van der Waals surface area contributed by atoms with Crippen molar-refractivity contribution >= 4 is 11.5 Å². The molecule has 5 heteroatoms. The Labute approximate surface area is 85.0 Å². The average Bonchev–Trinajstić information content (AvgIpc) is 2.06. The number of oxime groups is 1. The van der Waals surface area contributed by atoms with Gasteiger partial charge in [0.2, 0.25) is 0 Å². The Morgan fingerprint density at radius 3 is 2.08 bits per heavy atom. The SMILES string of the molecule is CC[NH+](CC)C/C(=N\O)C(C)=O.[Cl-]. The van der Waals surface area contributed by atoms with Crippen LogP contribution >= 0.6 is 0 Å². The van der Waals surface area contributed by atoms with Gasteiger partial charge in [0.1, 0.15) is 6.54 Å². The molecule has 0 aliphatic rings. The van der Waals surface area contributed by atoms with Gasteiger partial charge in [-0.25, -0.2) is 0 Å². The van der Waals surface area contributed by atoms with Gasteiger partial charge in [0.05, 0.1) is 13.1 Å². The van der Waals surface area contributed by atoms with E-state index in [1.54, 1.807) is 0 Å². The number of carbonyl (C=O) groups is 1. The topological polar surface area (TPSA) is 54.1 Å². The number of hydrogen-bond acceptors (Lipinski definition) is 3. The lowest BCUT2D eigenvalue weighted by molar-refractivity contribution is -0.886. The van der Waals surface area contributed by atoms with Crippen LogP contribution in [0, 0.1) is 0 Å². The second-order valence-corrected chi connectivity index (χ2v) is 2.74. The number of nitrogens with zero attached hydrogens (tertiary/aromatic N) is 1. The number of quaternary nitrogens is 1. The molecule has 0 aromatic rings. The number of Topliss-reactive ketones (excluding diaryl/α,β-unsaturated/α-hetero) is 1. The van der Waals surface area contributed by atoms with Crippen molar-refractivity contribution in [2.24, 2.45) is 5.16 Å². The predicted molar refractivity (Wildman–Crippen MR) is 46.8 cm³/mol. The highest BCUT2D eigenvalue weighted by Gasteiger charge is 2.13. The molecule has 0 heterocycles. The number of halogens is 1. The lowest BCUT2D eigenvalue weighted by atomic mass is 10.2. The van der Waals surface area contributed by atoms with Gasteiger partial charge in [-0.1, -0.05) is 5.16 Å². The van der Waals surface area contributed by atoms with Crippen molar-refractivity contribution in [2.45, 2.75) is 20.8 Å². The van der Waals surface area contributed by atoms with Crippen LogP contribution in [0.25, 0.3) is 0 Å². The summed E-state index contributed by atoms with van der Waals surface area (Å²) in [6, 6.07) is 0. The highest BCUT2D eigenvalue weighted by Crippen LogP contribution is 1.75. The van der Waals surface area contributed by atoms with Crippen LogP contribution in [0.4, 0.5) is 0 Å². The molecular weight excluding hydrogens is 192 g/mol. The minimum Gasteiger partial charge on any atom is -1.00 e. The normalized spacial score (nSPS) is 11.2. The van der Waals surface area contributed by atoms with Gasteiger partial charge < -0.3 is 22.5 Å². The second kappa shape index (κ2) is 8.01. The van der Waals surface area contributed by atoms with E-state index in [0.29, 0.717) is 6.54 Å². The van der Waals surface area contributed by atoms with Crippen molar-refractivity contribution in [3.8, 4) is 0 Å². The maximum Gasteiger partial charge on any atom is 0.183 e. The Morgan fingerprint density at radius 2 is 1.85 bits per heavy atom. The van der Waals surface area contributed by atoms with Crippen LogP contribution in [0.3, 0.4) is 0 Å². The molecule has 0 saturated carbocycles. The summed E-state index contributed by atoms with van der Waals surface area (Å²) in [6.45, 7) is 7.87. The fraction of sp³-hybridized carbons (Fsp3) is 0.750. The fourth-order valence-electron chi connectivity index (χ4n) is 0.967. The number of nitrogens with one attached hydrogen (secondary N) is 1. The summed E-state index contributed by atoms with van der Waals surface area (Å²) < 4.78 is 0. The highest BCUT2D eigenvalue weighted by molar-refractivity contribution is 6.39. The molecule has 0 bridgehead atoms. The molecule has 0 spiro atoms. The molecule has 0 atom stereocenters. The Kier molecular flexibility index (Phi) is 9.17. The van der Waals surface area contributed by atoms with Gasteiger partial charge in [0.25, 0.3) is 0 Å². The molecule has 0 aliphatic heterocycles. The summed E-state index contributed by atoms with van der Waals surface area (Å²) >= 11 is 0. The van der Waals surface area contributed by atoms with Gasteiger partial charge in [-0.05, 0) is 13.8 Å². The minimum atomic E-state index is -0.156. The molecule has 0 fully saturated rings. The molecule has 0 aliphatic carbocycles. The first-order chi connectivity index (χ1) is 5.65. The van der Waals surface area contributed by atoms with E-state index in [2.05, 4.69) is 5.16 Å². The molecule has 2 N–H and O–H groups in total. The quantitative estimate of drug-likeness (QED) is 0.278. The van der Waals surface area contributed by atoms with E-state index < -0.39 is 0 Å². The van der Waals surface area contributed by atoms with E-state index in [4.69, 9.17) is 5.21 Å². The number of carbonyl (C=O) groups excluding carboxylic acids is 1. The maximum atomic E-state index is 10.8. The summed E-state index contributed by atoms with van der Waals surface area (Å²) in [6.07, 6.45) is 0. The molecule has 0 radical (unpaired) electrons. The zero-order chi connectivity index (χ0) is 9.56. The largest absolute Gasteiger partial charge is 1.00 e. The van der Waals surface area contributed by atoms with Crippen LogP contribution in [0.1, 0.15) is 20.8 Å². The Hall–Kier alpha value is -0.610. The van der Waals surface area contributed by atoms with Crippen LogP contribution in [0.5, 0.6) is 0 Å². The second-order valence-electron chi connectivity index (χ2n) is 2.74. The standard InChI is InChI=1S/C8H16N2O2.ClH/c1-4-10(5-2)6-8(9-12)7(3)11;/h12H,4-6H2,1-3H3;1H/b9-8+;. The monoisotopic (exact) mass is 208 g/mol. The Morgan fingerprint density at radius 1 is 1.38 bits per heavy atom. The van der Waals surface area contributed by atoms with E-state index in [1.165, 1.54) is 11.8 Å². The van der Waals surface area contributed by atoms with Crippen molar-refractivity contribution in [3.05, 3.63) is 0 Å². The molecule has 13 heavy (non-hydrogen) atoms. The lowest BCUT2D eigenvalue weighted by Crippen LogP contribution is -3.12.